The highest BCUT2D eigenvalue weighted by Crippen LogP contribution is 2.23. The normalized spacial score (nSPS) is 18.1. The third kappa shape index (κ3) is 3.67. The van der Waals surface area contributed by atoms with Crippen molar-refractivity contribution in [2.75, 3.05) is 18.4 Å². The maximum atomic E-state index is 12.4. The van der Waals surface area contributed by atoms with E-state index in [4.69, 9.17) is 0 Å². The molecule has 0 bridgehead atoms. The van der Waals surface area contributed by atoms with Crippen LogP contribution in [0.25, 0.3) is 0 Å². The first-order chi connectivity index (χ1) is 10.6. The molecule has 1 aromatic rings. The van der Waals surface area contributed by atoms with Gasteiger partial charge in [-0.05, 0) is 42.7 Å². The number of amides is 2. The summed E-state index contributed by atoms with van der Waals surface area (Å²) in [4.78, 5) is 26.4. The topological polar surface area (TPSA) is 49.4 Å². The van der Waals surface area contributed by atoms with Crippen molar-refractivity contribution in [3.63, 3.8) is 0 Å². The Labute approximate surface area is 132 Å². The van der Waals surface area contributed by atoms with Gasteiger partial charge in [-0.15, -0.1) is 0 Å². The summed E-state index contributed by atoms with van der Waals surface area (Å²) in [6.45, 7) is 7.60. The third-order valence-electron chi connectivity index (χ3n) is 4.38. The molecule has 22 heavy (non-hydrogen) atoms. The number of benzene rings is 1. The lowest BCUT2D eigenvalue weighted by Gasteiger charge is -2.30. The Morgan fingerprint density at radius 2 is 1.86 bits per heavy atom. The van der Waals surface area contributed by atoms with Crippen molar-refractivity contribution in [2.45, 2.75) is 46.5 Å². The predicted octanol–water partition coefficient (Wildman–Crippen LogP) is 3.01. The SMILES string of the molecule is CCc1cccc(CC)c1NC(=O)C(=O)N1CCCC(C)C1. The van der Waals surface area contributed by atoms with E-state index in [2.05, 4.69) is 26.1 Å². The van der Waals surface area contributed by atoms with E-state index in [-0.39, 0.29) is 0 Å². The summed E-state index contributed by atoms with van der Waals surface area (Å²) in [6, 6.07) is 6.01. The molecule has 0 aliphatic carbocycles. The van der Waals surface area contributed by atoms with Crippen LogP contribution in [0.5, 0.6) is 0 Å². The van der Waals surface area contributed by atoms with Crippen molar-refractivity contribution >= 4 is 17.5 Å². The highest BCUT2D eigenvalue weighted by molar-refractivity contribution is 6.39. The number of anilines is 1. The number of hydrogen-bond donors (Lipinski definition) is 1. The second-order valence-electron chi connectivity index (χ2n) is 6.11. The molecule has 1 saturated heterocycles. The molecule has 4 nitrogen and oxygen atoms in total. The maximum absolute atomic E-state index is 12.4. The first-order valence-electron chi connectivity index (χ1n) is 8.27. The molecule has 4 heteroatoms. The summed E-state index contributed by atoms with van der Waals surface area (Å²) < 4.78 is 0. The monoisotopic (exact) mass is 302 g/mol. The molecular formula is C18H26N2O2. The summed E-state index contributed by atoms with van der Waals surface area (Å²) in [7, 11) is 0. The van der Waals surface area contributed by atoms with Crippen LogP contribution in [-0.2, 0) is 22.4 Å². The van der Waals surface area contributed by atoms with Crippen LogP contribution in [0.3, 0.4) is 0 Å². The molecule has 2 amide bonds. The van der Waals surface area contributed by atoms with E-state index in [1.165, 1.54) is 0 Å². The number of carbonyl (C=O) groups is 2. The molecule has 1 unspecified atom stereocenters. The minimum atomic E-state index is -0.510. The standard InChI is InChI=1S/C18H26N2O2/c1-4-14-9-6-10-15(5-2)16(14)19-17(21)18(22)20-11-7-8-13(3)12-20/h6,9-10,13H,4-5,7-8,11-12H2,1-3H3,(H,19,21). The van der Waals surface area contributed by atoms with Crippen LogP contribution >= 0.6 is 0 Å². The molecule has 1 N–H and O–H groups in total. The van der Waals surface area contributed by atoms with Gasteiger partial charge in [0.05, 0.1) is 0 Å². The van der Waals surface area contributed by atoms with Gasteiger partial charge in [-0.3, -0.25) is 9.59 Å². The zero-order valence-electron chi connectivity index (χ0n) is 13.8. The quantitative estimate of drug-likeness (QED) is 0.873. The summed E-state index contributed by atoms with van der Waals surface area (Å²) in [6.07, 6.45) is 3.77. The molecule has 120 valence electrons. The second-order valence-corrected chi connectivity index (χ2v) is 6.11. The van der Waals surface area contributed by atoms with Gasteiger partial charge in [-0.25, -0.2) is 0 Å². The molecule has 1 aromatic carbocycles. The Hall–Kier alpha value is -1.84. The first kappa shape index (κ1) is 16.5. The van der Waals surface area contributed by atoms with Gasteiger partial charge in [0.25, 0.3) is 0 Å². The number of nitrogens with one attached hydrogen (secondary N) is 1. The maximum Gasteiger partial charge on any atom is 0.313 e. The second kappa shape index (κ2) is 7.43. The van der Waals surface area contributed by atoms with Gasteiger partial charge in [0.2, 0.25) is 0 Å². The van der Waals surface area contributed by atoms with Crippen LogP contribution in [0, 0.1) is 5.92 Å². The van der Waals surface area contributed by atoms with Crippen molar-refractivity contribution in [1.82, 2.24) is 4.90 Å². The molecular weight excluding hydrogens is 276 g/mol. The van der Waals surface area contributed by atoms with Crippen LogP contribution in [0.4, 0.5) is 5.69 Å². The van der Waals surface area contributed by atoms with Crippen LogP contribution in [0.1, 0.15) is 44.7 Å². The Morgan fingerprint density at radius 3 is 2.41 bits per heavy atom. The van der Waals surface area contributed by atoms with E-state index in [0.717, 1.165) is 42.5 Å². The number of carbonyl (C=O) groups excluding carboxylic acids is 2. The highest BCUT2D eigenvalue weighted by atomic mass is 16.2. The number of para-hydroxylation sites is 1. The molecule has 1 aliphatic heterocycles. The predicted molar refractivity (Wildman–Crippen MR) is 88.8 cm³/mol. The zero-order valence-corrected chi connectivity index (χ0v) is 13.8. The lowest BCUT2D eigenvalue weighted by Crippen LogP contribution is -2.44. The molecule has 1 aliphatic rings. The molecule has 1 fully saturated rings. The van der Waals surface area contributed by atoms with E-state index >= 15 is 0 Å². The molecule has 2 rings (SSSR count). The van der Waals surface area contributed by atoms with Gasteiger partial charge in [-0.2, -0.15) is 0 Å². The van der Waals surface area contributed by atoms with E-state index < -0.39 is 11.8 Å². The summed E-state index contributed by atoms with van der Waals surface area (Å²) in [5, 5.41) is 2.86. The van der Waals surface area contributed by atoms with E-state index in [9.17, 15) is 9.59 Å². The Balaban J connectivity index is 2.13. The van der Waals surface area contributed by atoms with E-state index in [1.54, 1.807) is 4.90 Å². The Morgan fingerprint density at radius 1 is 1.23 bits per heavy atom. The Bertz CT molecular complexity index is 532. The number of aryl methyl sites for hydroxylation is 2. The molecule has 1 heterocycles. The zero-order chi connectivity index (χ0) is 16.1. The number of piperidine rings is 1. The fourth-order valence-electron chi connectivity index (χ4n) is 3.09. The summed E-state index contributed by atoms with van der Waals surface area (Å²) >= 11 is 0. The summed E-state index contributed by atoms with van der Waals surface area (Å²) in [5.74, 6) is -0.441. The smallest absolute Gasteiger partial charge is 0.313 e. The van der Waals surface area contributed by atoms with Gasteiger partial charge in [0, 0.05) is 18.8 Å². The van der Waals surface area contributed by atoms with Crippen molar-refractivity contribution in [3.05, 3.63) is 29.3 Å². The van der Waals surface area contributed by atoms with Crippen molar-refractivity contribution in [1.29, 1.82) is 0 Å². The number of likely N-dealkylation sites (tertiary alicyclic amines) is 1. The average Bonchev–Trinajstić information content (AvgIpc) is 2.54. The molecule has 0 spiro atoms. The largest absolute Gasteiger partial charge is 0.334 e. The minimum absolute atomic E-state index is 0.403. The van der Waals surface area contributed by atoms with Crippen molar-refractivity contribution < 1.29 is 9.59 Å². The van der Waals surface area contributed by atoms with Gasteiger partial charge >= 0.3 is 11.8 Å². The minimum Gasteiger partial charge on any atom is -0.334 e. The lowest BCUT2D eigenvalue weighted by molar-refractivity contribution is -0.144. The van der Waals surface area contributed by atoms with Crippen molar-refractivity contribution in [3.8, 4) is 0 Å². The molecule has 1 atom stereocenters. The van der Waals surface area contributed by atoms with E-state index in [0.29, 0.717) is 19.0 Å². The Kier molecular flexibility index (Phi) is 5.58. The van der Waals surface area contributed by atoms with Gasteiger partial charge in [0.1, 0.15) is 0 Å². The average molecular weight is 302 g/mol. The molecule has 0 saturated carbocycles. The van der Waals surface area contributed by atoms with Crippen LogP contribution in [0.15, 0.2) is 18.2 Å². The van der Waals surface area contributed by atoms with E-state index in [1.807, 2.05) is 18.2 Å². The van der Waals surface area contributed by atoms with Gasteiger partial charge in [-0.1, -0.05) is 39.0 Å². The van der Waals surface area contributed by atoms with Crippen LogP contribution in [0.2, 0.25) is 0 Å². The fraction of sp³-hybridized carbons (Fsp3) is 0.556. The van der Waals surface area contributed by atoms with Gasteiger partial charge in [0.15, 0.2) is 0 Å². The molecule has 0 radical (unpaired) electrons. The summed E-state index contributed by atoms with van der Waals surface area (Å²) in [5.41, 5.74) is 2.97. The fourth-order valence-corrected chi connectivity index (χ4v) is 3.09. The number of hydrogen-bond acceptors (Lipinski definition) is 2. The van der Waals surface area contributed by atoms with Crippen LogP contribution < -0.4 is 5.32 Å². The molecule has 0 aromatic heterocycles. The lowest BCUT2D eigenvalue weighted by atomic mass is 10.00. The number of nitrogens with zero attached hydrogens (tertiary/aromatic N) is 1. The van der Waals surface area contributed by atoms with Crippen LogP contribution in [-0.4, -0.2) is 29.8 Å². The number of rotatable bonds is 3. The first-order valence-corrected chi connectivity index (χ1v) is 8.27. The highest BCUT2D eigenvalue weighted by Gasteiger charge is 2.26. The van der Waals surface area contributed by atoms with Gasteiger partial charge < -0.3 is 10.2 Å². The van der Waals surface area contributed by atoms with Crippen molar-refractivity contribution in [2.24, 2.45) is 5.92 Å². The third-order valence-corrected chi connectivity index (χ3v) is 4.38.